The first-order valence-corrected chi connectivity index (χ1v) is 5.31. The van der Waals surface area contributed by atoms with E-state index in [4.69, 9.17) is 14.2 Å². The molecule has 0 aromatic carbocycles. The van der Waals surface area contributed by atoms with Gasteiger partial charge in [0.2, 0.25) is 0 Å². The molecule has 15 heavy (non-hydrogen) atoms. The Morgan fingerprint density at radius 1 is 1.27 bits per heavy atom. The highest BCUT2D eigenvalue weighted by Crippen LogP contribution is 1.88. The number of hydrogen-bond donors (Lipinski definition) is 1. The molecule has 0 aliphatic rings. The molecule has 0 radical (unpaired) electrons. The molecule has 0 aromatic rings. The normalized spacial score (nSPS) is 12.7. The van der Waals surface area contributed by atoms with Crippen LogP contribution in [-0.4, -0.2) is 52.7 Å². The maximum atomic E-state index is 5.51. The van der Waals surface area contributed by atoms with Gasteiger partial charge in [0.1, 0.15) is 0 Å². The minimum Gasteiger partial charge on any atom is -0.382 e. The molecule has 0 spiro atoms. The summed E-state index contributed by atoms with van der Waals surface area (Å²) in [5.41, 5.74) is 0. The standard InChI is InChI=1S/C11H23NO3/c1-4-5-12-10-11(2)15-9-8-14-7-6-13-3/h4,11-12H,1,5-10H2,2-3H3. The summed E-state index contributed by atoms with van der Waals surface area (Å²) in [6, 6.07) is 0. The van der Waals surface area contributed by atoms with Crippen molar-refractivity contribution in [2.24, 2.45) is 0 Å². The molecule has 0 aromatic heterocycles. The van der Waals surface area contributed by atoms with Gasteiger partial charge in [-0.25, -0.2) is 0 Å². The summed E-state index contributed by atoms with van der Waals surface area (Å²) in [7, 11) is 1.66. The van der Waals surface area contributed by atoms with Crippen molar-refractivity contribution in [2.75, 3.05) is 46.6 Å². The Kier molecular flexibility index (Phi) is 11.3. The van der Waals surface area contributed by atoms with Crippen molar-refractivity contribution in [1.29, 1.82) is 0 Å². The third kappa shape index (κ3) is 11.5. The van der Waals surface area contributed by atoms with E-state index >= 15 is 0 Å². The fourth-order valence-electron chi connectivity index (χ4n) is 1.00. The second-order valence-electron chi connectivity index (χ2n) is 3.23. The van der Waals surface area contributed by atoms with E-state index in [0.717, 1.165) is 13.1 Å². The van der Waals surface area contributed by atoms with Crippen LogP contribution >= 0.6 is 0 Å². The lowest BCUT2D eigenvalue weighted by Gasteiger charge is -2.13. The molecule has 4 nitrogen and oxygen atoms in total. The lowest BCUT2D eigenvalue weighted by Crippen LogP contribution is -2.28. The molecule has 4 heteroatoms. The first-order chi connectivity index (χ1) is 7.31. The molecule has 1 N–H and O–H groups in total. The molecule has 0 aliphatic carbocycles. The quantitative estimate of drug-likeness (QED) is 0.411. The van der Waals surface area contributed by atoms with E-state index in [1.165, 1.54) is 0 Å². The number of methoxy groups -OCH3 is 1. The number of hydrogen-bond acceptors (Lipinski definition) is 4. The van der Waals surface area contributed by atoms with Crippen LogP contribution in [0.3, 0.4) is 0 Å². The zero-order valence-electron chi connectivity index (χ0n) is 9.83. The first kappa shape index (κ1) is 14.6. The zero-order valence-corrected chi connectivity index (χ0v) is 9.83. The van der Waals surface area contributed by atoms with Crippen molar-refractivity contribution in [2.45, 2.75) is 13.0 Å². The zero-order chi connectivity index (χ0) is 11.4. The van der Waals surface area contributed by atoms with E-state index in [0.29, 0.717) is 26.4 Å². The topological polar surface area (TPSA) is 39.7 Å². The summed E-state index contributed by atoms with van der Waals surface area (Å²) in [5, 5.41) is 3.19. The molecule has 0 saturated carbocycles. The SMILES string of the molecule is C=CCNCC(C)OCCOCCOC. The molecule has 0 fully saturated rings. The lowest BCUT2D eigenvalue weighted by atomic mass is 10.4. The number of ether oxygens (including phenoxy) is 3. The molecule has 0 aliphatic heterocycles. The molecule has 1 unspecified atom stereocenters. The minimum atomic E-state index is 0.205. The second-order valence-corrected chi connectivity index (χ2v) is 3.23. The Balaban J connectivity index is 3.09. The average Bonchev–Trinajstić information content (AvgIpc) is 2.23. The Morgan fingerprint density at radius 3 is 2.67 bits per heavy atom. The van der Waals surface area contributed by atoms with Gasteiger partial charge in [-0.2, -0.15) is 0 Å². The average molecular weight is 217 g/mol. The van der Waals surface area contributed by atoms with Gasteiger partial charge >= 0.3 is 0 Å². The molecule has 0 heterocycles. The monoisotopic (exact) mass is 217 g/mol. The molecular formula is C11H23NO3. The summed E-state index contributed by atoms with van der Waals surface area (Å²) in [4.78, 5) is 0. The molecule has 0 amide bonds. The van der Waals surface area contributed by atoms with Gasteiger partial charge in [-0.3, -0.25) is 0 Å². The van der Waals surface area contributed by atoms with Gasteiger partial charge < -0.3 is 19.5 Å². The fraction of sp³-hybridized carbons (Fsp3) is 0.818. The number of nitrogens with one attached hydrogen (secondary N) is 1. The van der Waals surface area contributed by atoms with Crippen LogP contribution in [0.25, 0.3) is 0 Å². The predicted molar refractivity (Wildman–Crippen MR) is 61.2 cm³/mol. The highest BCUT2D eigenvalue weighted by atomic mass is 16.5. The van der Waals surface area contributed by atoms with E-state index < -0.39 is 0 Å². The van der Waals surface area contributed by atoms with Crippen molar-refractivity contribution in [1.82, 2.24) is 5.32 Å². The Bertz CT molecular complexity index is 142. The Morgan fingerprint density at radius 2 is 2.00 bits per heavy atom. The summed E-state index contributed by atoms with van der Waals surface area (Å²) in [6.07, 6.45) is 2.04. The predicted octanol–water partition coefficient (Wildman–Crippen LogP) is 0.830. The van der Waals surface area contributed by atoms with Crippen molar-refractivity contribution < 1.29 is 14.2 Å². The summed E-state index contributed by atoms with van der Waals surface area (Å²) in [5.74, 6) is 0. The molecule has 0 bridgehead atoms. The van der Waals surface area contributed by atoms with Crippen LogP contribution in [0.5, 0.6) is 0 Å². The van der Waals surface area contributed by atoms with Gasteiger partial charge in [-0.05, 0) is 6.92 Å². The Labute approximate surface area is 92.6 Å². The maximum Gasteiger partial charge on any atom is 0.0704 e. The molecule has 90 valence electrons. The van der Waals surface area contributed by atoms with Gasteiger partial charge in [-0.1, -0.05) is 6.08 Å². The third-order valence-corrected chi connectivity index (χ3v) is 1.78. The largest absolute Gasteiger partial charge is 0.382 e. The molecule has 0 saturated heterocycles. The van der Waals surface area contributed by atoms with E-state index in [9.17, 15) is 0 Å². The fourth-order valence-corrected chi connectivity index (χ4v) is 1.00. The van der Waals surface area contributed by atoms with Crippen molar-refractivity contribution in [3.05, 3.63) is 12.7 Å². The highest BCUT2D eigenvalue weighted by Gasteiger charge is 1.99. The van der Waals surface area contributed by atoms with Gasteiger partial charge in [0.05, 0.1) is 32.5 Å². The van der Waals surface area contributed by atoms with Crippen LogP contribution in [0.2, 0.25) is 0 Å². The summed E-state index contributed by atoms with van der Waals surface area (Å²) < 4.78 is 15.6. The van der Waals surface area contributed by atoms with Crippen LogP contribution in [0, 0.1) is 0 Å². The van der Waals surface area contributed by atoms with Crippen LogP contribution in [0.4, 0.5) is 0 Å². The van der Waals surface area contributed by atoms with Crippen LogP contribution < -0.4 is 5.32 Å². The highest BCUT2D eigenvalue weighted by molar-refractivity contribution is 4.70. The maximum absolute atomic E-state index is 5.51. The summed E-state index contributed by atoms with van der Waals surface area (Å²) >= 11 is 0. The van der Waals surface area contributed by atoms with Crippen molar-refractivity contribution in [3.8, 4) is 0 Å². The molecule has 1 atom stereocenters. The Hall–Kier alpha value is -0.420. The van der Waals surface area contributed by atoms with E-state index in [1.54, 1.807) is 7.11 Å². The van der Waals surface area contributed by atoms with Gasteiger partial charge in [0.15, 0.2) is 0 Å². The van der Waals surface area contributed by atoms with Crippen LogP contribution in [-0.2, 0) is 14.2 Å². The van der Waals surface area contributed by atoms with Gasteiger partial charge in [0, 0.05) is 20.2 Å². The van der Waals surface area contributed by atoms with Gasteiger partial charge in [-0.15, -0.1) is 6.58 Å². The second kappa shape index (κ2) is 11.7. The van der Waals surface area contributed by atoms with E-state index in [-0.39, 0.29) is 6.10 Å². The van der Waals surface area contributed by atoms with Crippen LogP contribution in [0.1, 0.15) is 6.92 Å². The van der Waals surface area contributed by atoms with E-state index in [1.807, 2.05) is 13.0 Å². The molecule has 0 rings (SSSR count). The van der Waals surface area contributed by atoms with Crippen LogP contribution in [0.15, 0.2) is 12.7 Å². The summed E-state index contributed by atoms with van der Waals surface area (Å²) in [6.45, 7) is 9.82. The van der Waals surface area contributed by atoms with E-state index in [2.05, 4.69) is 11.9 Å². The molecular weight excluding hydrogens is 194 g/mol. The third-order valence-electron chi connectivity index (χ3n) is 1.78. The van der Waals surface area contributed by atoms with Gasteiger partial charge in [0.25, 0.3) is 0 Å². The minimum absolute atomic E-state index is 0.205. The van der Waals surface area contributed by atoms with Crippen molar-refractivity contribution in [3.63, 3.8) is 0 Å². The lowest BCUT2D eigenvalue weighted by molar-refractivity contribution is 0.000343. The first-order valence-electron chi connectivity index (χ1n) is 5.31. The number of rotatable bonds is 11. The smallest absolute Gasteiger partial charge is 0.0704 e. The van der Waals surface area contributed by atoms with Crippen molar-refractivity contribution >= 4 is 0 Å².